The van der Waals surface area contributed by atoms with E-state index >= 15 is 0 Å². The Morgan fingerprint density at radius 1 is 1.15 bits per heavy atom. The molecule has 0 radical (unpaired) electrons. The minimum absolute atomic E-state index is 0.0963. The fourth-order valence-corrected chi connectivity index (χ4v) is 2.86. The first-order valence-corrected chi connectivity index (χ1v) is 6.67. The van der Waals surface area contributed by atoms with Gasteiger partial charge in [-0.05, 0) is 36.4 Å². The number of hydrogen-bond acceptors (Lipinski definition) is 3. The maximum atomic E-state index is 12.2. The Hall–Kier alpha value is -2.13. The van der Waals surface area contributed by atoms with Crippen molar-refractivity contribution in [2.45, 2.75) is 6.04 Å². The van der Waals surface area contributed by atoms with Crippen molar-refractivity contribution in [1.82, 2.24) is 4.90 Å². The van der Waals surface area contributed by atoms with Crippen LogP contribution in [-0.4, -0.2) is 31.4 Å². The van der Waals surface area contributed by atoms with E-state index in [0.29, 0.717) is 6.54 Å². The first kappa shape index (κ1) is 12.9. The predicted octanol–water partition coefficient (Wildman–Crippen LogP) is 2.91. The Bertz CT molecular complexity index is 637. The molecule has 1 unspecified atom stereocenters. The number of likely N-dealkylation sites (N-methyl/N-ethyl adjacent to an activating group) is 1. The fourth-order valence-electron chi connectivity index (χ4n) is 2.86. The van der Waals surface area contributed by atoms with E-state index in [-0.39, 0.29) is 11.8 Å². The molecule has 0 saturated heterocycles. The smallest absolute Gasteiger partial charge is 0.177 e. The zero-order chi connectivity index (χ0) is 14.1. The number of Topliss-reactive ketones (excluding diaryl/α,β-unsaturated/α-hetero) is 1. The van der Waals surface area contributed by atoms with Gasteiger partial charge in [-0.3, -0.25) is 9.69 Å². The highest BCUT2D eigenvalue weighted by Crippen LogP contribution is 2.35. The summed E-state index contributed by atoms with van der Waals surface area (Å²) < 4.78 is 5.31. The van der Waals surface area contributed by atoms with Crippen molar-refractivity contribution in [3.8, 4) is 5.75 Å². The first-order chi connectivity index (χ1) is 9.70. The van der Waals surface area contributed by atoms with Crippen LogP contribution in [0.2, 0.25) is 0 Å². The van der Waals surface area contributed by atoms with Crippen LogP contribution in [0.5, 0.6) is 5.75 Å². The topological polar surface area (TPSA) is 29.5 Å². The molecule has 3 heteroatoms. The maximum Gasteiger partial charge on any atom is 0.177 e. The van der Waals surface area contributed by atoms with Crippen molar-refractivity contribution in [3.63, 3.8) is 0 Å². The van der Waals surface area contributed by atoms with Gasteiger partial charge >= 0.3 is 0 Å². The summed E-state index contributed by atoms with van der Waals surface area (Å²) >= 11 is 0. The second kappa shape index (κ2) is 5.10. The maximum absolute atomic E-state index is 12.2. The molecule has 102 valence electrons. The summed E-state index contributed by atoms with van der Waals surface area (Å²) in [7, 11) is 3.63. The van der Waals surface area contributed by atoms with Crippen LogP contribution in [0.4, 0.5) is 0 Å². The van der Waals surface area contributed by atoms with E-state index in [1.165, 1.54) is 5.56 Å². The molecule has 1 aliphatic rings. The van der Waals surface area contributed by atoms with Crippen molar-refractivity contribution in [2.24, 2.45) is 0 Å². The number of hydrogen-bond donors (Lipinski definition) is 0. The van der Waals surface area contributed by atoms with Crippen LogP contribution in [0.25, 0.3) is 0 Å². The summed E-state index contributed by atoms with van der Waals surface area (Å²) in [6.07, 6.45) is 0. The van der Waals surface area contributed by atoms with Gasteiger partial charge in [0.2, 0.25) is 0 Å². The number of carbonyl (C=O) groups is 1. The molecule has 1 aliphatic heterocycles. The molecule has 2 aromatic rings. The van der Waals surface area contributed by atoms with Crippen molar-refractivity contribution in [3.05, 3.63) is 65.2 Å². The highest BCUT2D eigenvalue weighted by Gasteiger charge is 2.31. The molecule has 2 aromatic carbocycles. The van der Waals surface area contributed by atoms with E-state index in [2.05, 4.69) is 17.0 Å². The van der Waals surface area contributed by atoms with Crippen molar-refractivity contribution >= 4 is 5.78 Å². The minimum atomic E-state index is 0.0963. The minimum Gasteiger partial charge on any atom is -0.497 e. The summed E-state index contributed by atoms with van der Waals surface area (Å²) in [6, 6.07) is 16.0. The SMILES string of the molecule is COc1ccc2c(c1)C(c1ccccc1)N(C)CC2=O. The quantitative estimate of drug-likeness (QED) is 0.838. The number of fused-ring (bicyclic) bond motifs is 1. The van der Waals surface area contributed by atoms with Crippen LogP contribution < -0.4 is 4.74 Å². The lowest BCUT2D eigenvalue weighted by Crippen LogP contribution is -2.36. The number of nitrogens with zero attached hydrogens (tertiary/aromatic N) is 1. The fraction of sp³-hybridized carbons (Fsp3) is 0.235. The molecule has 0 saturated carbocycles. The number of rotatable bonds is 2. The second-order valence-electron chi connectivity index (χ2n) is 5.10. The molecule has 0 aromatic heterocycles. The lowest BCUT2D eigenvalue weighted by molar-refractivity contribution is 0.0904. The van der Waals surface area contributed by atoms with E-state index in [4.69, 9.17) is 4.74 Å². The molecule has 0 spiro atoms. The van der Waals surface area contributed by atoms with Gasteiger partial charge in [-0.15, -0.1) is 0 Å². The van der Waals surface area contributed by atoms with Gasteiger partial charge in [0.15, 0.2) is 5.78 Å². The van der Waals surface area contributed by atoms with Crippen molar-refractivity contribution in [1.29, 1.82) is 0 Å². The predicted molar refractivity (Wildman–Crippen MR) is 78.2 cm³/mol. The van der Waals surface area contributed by atoms with Gasteiger partial charge in [-0.2, -0.15) is 0 Å². The van der Waals surface area contributed by atoms with E-state index in [9.17, 15) is 4.79 Å². The molecule has 0 amide bonds. The number of carbonyl (C=O) groups excluding carboxylic acids is 1. The summed E-state index contributed by atoms with van der Waals surface area (Å²) in [5.41, 5.74) is 3.02. The van der Waals surface area contributed by atoms with Gasteiger partial charge in [0.05, 0.1) is 19.7 Å². The normalized spacial score (nSPS) is 18.7. The lowest BCUT2D eigenvalue weighted by atomic mass is 9.88. The van der Waals surface area contributed by atoms with Gasteiger partial charge in [-0.1, -0.05) is 30.3 Å². The zero-order valence-corrected chi connectivity index (χ0v) is 11.7. The number of ether oxygens (including phenoxy) is 1. The van der Waals surface area contributed by atoms with Crippen LogP contribution in [0.1, 0.15) is 27.5 Å². The number of ketones is 1. The van der Waals surface area contributed by atoms with E-state index in [1.807, 2.05) is 43.4 Å². The van der Waals surface area contributed by atoms with Crippen molar-refractivity contribution < 1.29 is 9.53 Å². The van der Waals surface area contributed by atoms with Gasteiger partial charge in [-0.25, -0.2) is 0 Å². The highest BCUT2D eigenvalue weighted by molar-refractivity contribution is 6.00. The van der Waals surface area contributed by atoms with Gasteiger partial charge in [0.25, 0.3) is 0 Å². The summed E-state index contributed by atoms with van der Waals surface area (Å²) in [5, 5.41) is 0. The third-order valence-corrected chi connectivity index (χ3v) is 3.80. The first-order valence-electron chi connectivity index (χ1n) is 6.67. The summed E-state index contributed by atoms with van der Waals surface area (Å²) in [4.78, 5) is 14.3. The molecule has 1 heterocycles. The molecule has 0 aliphatic carbocycles. The van der Waals surface area contributed by atoms with Crippen LogP contribution in [0, 0.1) is 0 Å². The molecule has 0 fully saturated rings. The van der Waals surface area contributed by atoms with Crippen LogP contribution >= 0.6 is 0 Å². The molecule has 0 bridgehead atoms. The lowest BCUT2D eigenvalue weighted by Gasteiger charge is -2.34. The summed E-state index contributed by atoms with van der Waals surface area (Å²) in [5.74, 6) is 0.949. The van der Waals surface area contributed by atoms with Gasteiger partial charge in [0, 0.05) is 5.56 Å². The van der Waals surface area contributed by atoms with E-state index in [0.717, 1.165) is 16.9 Å². The Morgan fingerprint density at radius 3 is 2.60 bits per heavy atom. The average molecular weight is 267 g/mol. The third-order valence-electron chi connectivity index (χ3n) is 3.80. The molecule has 3 rings (SSSR count). The standard InChI is InChI=1S/C17H17NO2/c1-18-11-16(19)14-9-8-13(20-2)10-15(14)17(18)12-6-4-3-5-7-12/h3-10,17H,11H2,1-2H3. The van der Waals surface area contributed by atoms with E-state index < -0.39 is 0 Å². The highest BCUT2D eigenvalue weighted by atomic mass is 16.5. The zero-order valence-electron chi connectivity index (χ0n) is 11.7. The number of benzene rings is 2. The third kappa shape index (κ3) is 2.10. The second-order valence-corrected chi connectivity index (χ2v) is 5.10. The summed E-state index contributed by atoms with van der Waals surface area (Å²) in [6.45, 7) is 0.443. The van der Waals surface area contributed by atoms with Crippen LogP contribution in [0.15, 0.2) is 48.5 Å². The molecular formula is C17H17NO2. The van der Waals surface area contributed by atoms with Crippen LogP contribution in [-0.2, 0) is 0 Å². The van der Waals surface area contributed by atoms with Gasteiger partial charge < -0.3 is 4.74 Å². The molecule has 20 heavy (non-hydrogen) atoms. The molecule has 3 nitrogen and oxygen atoms in total. The molecule has 0 N–H and O–H groups in total. The Labute approximate surface area is 118 Å². The van der Waals surface area contributed by atoms with Gasteiger partial charge in [0.1, 0.15) is 5.75 Å². The Balaban J connectivity index is 2.16. The Kier molecular flexibility index (Phi) is 3.28. The number of methoxy groups -OCH3 is 1. The van der Waals surface area contributed by atoms with E-state index in [1.54, 1.807) is 7.11 Å². The largest absolute Gasteiger partial charge is 0.497 e. The molecule has 1 atom stereocenters. The van der Waals surface area contributed by atoms with Crippen molar-refractivity contribution in [2.75, 3.05) is 20.7 Å². The monoisotopic (exact) mass is 267 g/mol. The Morgan fingerprint density at radius 2 is 1.90 bits per heavy atom. The molecular weight excluding hydrogens is 250 g/mol. The van der Waals surface area contributed by atoms with Crippen LogP contribution in [0.3, 0.4) is 0 Å². The average Bonchev–Trinajstić information content (AvgIpc) is 2.47.